The Balaban J connectivity index is 1.87. The summed E-state index contributed by atoms with van der Waals surface area (Å²) in [5, 5.41) is 0. The number of nitrogens with zero attached hydrogens (tertiary/aromatic N) is 2. The van der Waals surface area contributed by atoms with E-state index in [2.05, 4.69) is 0 Å². The molecule has 1 fully saturated rings. The Kier molecular flexibility index (Phi) is 6.93. The van der Waals surface area contributed by atoms with Gasteiger partial charge in [-0.25, -0.2) is 12.8 Å². The summed E-state index contributed by atoms with van der Waals surface area (Å²) in [5.41, 5.74) is 1.85. The highest BCUT2D eigenvalue weighted by molar-refractivity contribution is 7.89. The molecular weight excluding hydrogens is 403 g/mol. The molecule has 0 N–H and O–H groups in total. The smallest absolute Gasteiger partial charge is 0.254 e. The van der Waals surface area contributed by atoms with Gasteiger partial charge in [0.1, 0.15) is 5.82 Å². The second kappa shape index (κ2) is 9.27. The molecule has 0 saturated carbocycles. The van der Waals surface area contributed by atoms with Crippen molar-refractivity contribution in [2.45, 2.75) is 51.0 Å². The van der Waals surface area contributed by atoms with Crippen LogP contribution in [0.5, 0.6) is 0 Å². The van der Waals surface area contributed by atoms with Crippen LogP contribution in [-0.4, -0.2) is 49.2 Å². The monoisotopic (exact) mass is 432 g/mol. The standard InChI is InChI=1S/C23H29FN2O3S/c1-4-25(5-2)30(28,29)22-16-19(12-11-17(22)3)23(27)26-13-7-10-21(26)15-18-8-6-9-20(24)14-18/h6,8-9,11-12,14,16,21H,4-5,7,10,13,15H2,1-3H3. The number of hydrogen-bond donors (Lipinski definition) is 0. The molecule has 1 aliphatic heterocycles. The SMILES string of the molecule is CCN(CC)S(=O)(=O)c1cc(C(=O)N2CCCC2Cc2cccc(F)c2)ccc1C. The lowest BCUT2D eigenvalue weighted by Crippen LogP contribution is -2.37. The fourth-order valence-corrected chi connectivity index (χ4v) is 5.84. The van der Waals surface area contributed by atoms with Crippen LogP contribution in [0, 0.1) is 12.7 Å². The van der Waals surface area contributed by atoms with Crippen LogP contribution < -0.4 is 0 Å². The van der Waals surface area contributed by atoms with Crippen LogP contribution in [0.25, 0.3) is 0 Å². The van der Waals surface area contributed by atoms with Crippen LogP contribution in [0.2, 0.25) is 0 Å². The minimum atomic E-state index is -3.66. The molecule has 30 heavy (non-hydrogen) atoms. The Bertz CT molecular complexity index is 1020. The van der Waals surface area contributed by atoms with E-state index >= 15 is 0 Å². The molecule has 3 rings (SSSR count). The summed E-state index contributed by atoms with van der Waals surface area (Å²) in [4.78, 5) is 15.2. The minimum absolute atomic E-state index is 0.0246. The number of benzene rings is 2. The molecule has 2 aromatic rings. The van der Waals surface area contributed by atoms with E-state index in [0.717, 1.165) is 18.4 Å². The lowest BCUT2D eigenvalue weighted by molar-refractivity contribution is 0.0736. The van der Waals surface area contributed by atoms with Crippen molar-refractivity contribution in [2.24, 2.45) is 0 Å². The summed E-state index contributed by atoms with van der Waals surface area (Å²) in [6.45, 7) is 6.70. The topological polar surface area (TPSA) is 57.7 Å². The van der Waals surface area contributed by atoms with E-state index in [1.165, 1.54) is 22.5 Å². The zero-order chi connectivity index (χ0) is 21.9. The highest BCUT2D eigenvalue weighted by Crippen LogP contribution is 2.26. The van der Waals surface area contributed by atoms with Gasteiger partial charge in [-0.3, -0.25) is 4.79 Å². The first kappa shape index (κ1) is 22.4. The van der Waals surface area contributed by atoms with Crippen molar-refractivity contribution in [3.8, 4) is 0 Å². The van der Waals surface area contributed by atoms with E-state index in [1.807, 2.05) is 6.07 Å². The second-order valence-electron chi connectivity index (χ2n) is 7.70. The molecule has 2 aromatic carbocycles. The lowest BCUT2D eigenvalue weighted by Gasteiger charge is -2.26. The number of hydrogen-bond acceptors (Lipinski definition) is 3. The fourth-order valence-electron chi connectivity index (χ4n) is 4.13. The molecule has 162 valence electrons. The normalized spacial score (nSPS) is 17.0. The Morgan fingerprint density at radius 3 is 2.57 bits per heavy atom. The summed E-state index contributed by atoms with van der Waals surface area (Å²) in [6.07, 6.45) is 2.31. The predicted octanol–water partition coefficient (Wildman–Crippen LogP) is 4.01. The Morgan fingerprint density at radius 2 is 1.90 bits per heavy atom. The first-order valence-electron chi connectivity index (χ1n) is 10.4. The van der Waals surface area contributed by atoms with Gasteiger partial charge in [0.15, 0.2) is 0 Å². The quantitative estimate of drug-likeness (QED) is 0.664. The molecule has 1 aliphatic rings. The molecular formula is C23H29FN2O3S. The average molecular weight is 433 g/mol. The molecule has 0 bridgehead atoms. The van der Waals surface area contributed by atoms with Gasteiger partial charge in [0.25, 0.3) is 5.91 Å². The van der Waals surface area contributed by atoms with Gasteiger partial charge >= 0.3 is 0 Å². The maximum Gasteiger partial charge on any atom is 0.254 e. The van der Waals surface area contributed by atoms with E-state index in [0.29, 0.717) is 37.2 Å². The average Bonchev–Trinajstić information content (AvgIpc) is 3.16. The number of carbonyl (C=O) groups excluding carboxylic acids is 1. The molecule has 1 saturated heterocycles. The second-order valence-corrected chi connectivity index (χ2v) is 9.60. The largest absolute Gasteiger partial charge is 0.335 e. The molecule has 0 radical (unpaired) electrons. The van der Waals surface area contributed by atoms with E-state index in [1.54, 1.807) is 43.9 Å². The van der Waals surface area contributed by atoms with Gasteiger partial charge < -0.3 is 4.90 Å². The Labute approximate surface area is 178 Å². The van der Waals surface area contributed by atoms with Crippen molar-refractivity contribution in [1.82, 2.24) is 9.21 Å². The molecule has 0 aliphatic carbocycles. The van der Waals surface area contributed by atoms with Gasteiger partial charge in [-0.05, 0) is 61.6 Å². The highest BCUT2D eigenvalue weighted by atomic mass is 32.2. The number of halogens is 1. The van der Waals surface area contributed by atoms with E-state index in [4.69, 9.17) is 0 Å². The van der Waals surface area contributed by atoms with Crippen LogP contribution >= 0.6 is 0 Å². The number of likely N-dealkylation sites (tertiary alicyclic amines) is 1. The third-order valence-electron chi connectivity index (χ3n) is 5.76. The minimum Gasteiger partial charge on any atom is -0.335 e. The molecule has 1 heterocycles. The Morgan fingerprint density at radius 1 is 1.17 bits per heavy atom. The van der Waals surface area contributed by atoms with Crippen LogP contribution in [0.3, 0.4) is 0 Å². The van der Waals surface area contributed by atoms with Crippen molar-refractivity contribution in [2.75, 3.05) is 19.6 Å². The summed E-state index contributed by atoms with van der Waals surface area (Å²) in [6, 6.07) is 11.3. The first-order valence-corrected chi connectivity index (χ1v) is 11.9. The van der Waals surface area contributed by atoms with Crippen LogP contribution in [0.1, 0.15) is 48.2 Å². The van der Waals surface area contributed by atoms with Crippen molar-refractivity contribution >= 4 is 15.9 Å². The van der Waals surface area contributed by atoms with Gasteiger partial charge in [0, 0.05) is 31.2 Å². The fraction of sp³-hybridized carbons (Fsp3) is 0.435. The molecule has 5 nitrogen and oxygen atoms in total. The number of aryl methyl sites for hydroxylation is 1. The predicted molar refractivity (Wildman–Crippen MR) is 115 cm³/mol. The lowest BCUT2D eigenvalue weighted by atomic mass is 10.0. The maximum atomic E-state index is 13.5. The van der Waals surface area contributed by atoms with Crippen LogP contribution in [-0.2, 0) is 16.4 Å². The third-order valence-corrected chi connectivity index (χ3v) is 7.95. The summed E-state index contributed by atoms with van der Waals surface area (Å²) in [5.74, 6) is -0.460. The molecule has 1 unspecified atom stereocenters. The molecule has 1 amide bonds. The molecule has 7 heteroatoms. The first-order chi connectivity index (χ1) is 14.3. The maximum absolute atomic E-state index is 13.5. The van der Waals surface area contributed by atoms with Crippen molar-refractivity contribution in [3.05, 3.63) is 65.0 Å². The van der Waals surface area contributed by atoms with Gasteiger partial charge in [-0.2, -0.15) is 4.31 Å². The van der Waals surface area contributed by atoms with E-state index < -0.39 is 10.0 Å². The number of carbonyl (C=O) groups is 1. The van der Waals surface area contributed by atoms with Crippen molar-refractivity contribution in [1.29, 1.82) is 0 Å². The highest BCUT2D eigenvalue weighted by Gasteiger charge is 2.31. The van der Waals surface area contributed by atoms with E-state index in [9.17, 15) is 17.6 Å². The zero-order valence-electron chi connectivity index (χ0n) is 17.8. The summed E-state index contributed by atoms with van der Waals surface area (Å²) >= 11 is 0. The van der Waals surface area contributed by atoms with Gasteiger partial charge in [-0.1, -0.05) is 32.0 Å². The van der Waals surface area contributed by atoms with Crippen molar-refractivity contribution in [3.63, 3.8) is 0 Å². The third kappa shape index (κ3) is 4.57. The molecule has 1 atom stereocenters. The summed E-state index contributed by atoms with van der Waals surface area (Å²) in [7, 11) is -3.66. The zero-order valence-corrected chi connectivity index (χ0v) is 18.6. The van der Waals surface area contributed by atoms with Crippen LogP contribution in [0.4, 0.5) is 4.39 Å². The molecule has 0 spiro atoms. The van der Waals surface area contributed by atoms with E-state index in [-0.39, 0.29) is 22.7 Å². The number of sulfonamides is 1. The van der Waals surface area contributed by atoms with Crippen LogP contribution in [0.15, 0.2) is 47.4 Å². The van der Waals surface area contributed by atoms with Gasteiger partial charge in [0.2, 0.25) is 10.0 Å². The van der Waals surface area contributed by atoms with Gasteiger partial charge in [-0.15, -0.1) is 0 Å². The number of amides is 1. The summed E-state index contributed by atoms with van der Waals surface area (Å²) < 4.78 is 41.0. The Hall–Kier alpha value is -2.25. The van der Waals surface area contributed by atoms with Crippen molar-refractivity contribution < 1.29 is 17.6 Å². The number of rotatable bonds is 7. The van der Waals surface area contributed by atoms with Gasteiger partial charge in [0.05, 0.1) is 4.90 Å². The molecule has 0 aromatic heterocycles.